The molecule has 0 saturated carbocycles. The van der Waals surface area contributed by atoms with Crippen molar-refractivity contribution in [3.05, 3.63) is 12.4 Å². The van der Waals surface area contributed by atoms with Crippen LogP contribution in [0.15, 0.2) is 12.4 Å². The van der Waals surface area contributed by atoms with Crippen LogP contribution >= 0.6 is 0 Å². The summed E-state index contributed by atoms with van der Waals surface area (Å²) >= 11 is 0. The SMILES string of the molecule is CCn1cc(NC(=O)[C@@H]2CCCNC2)cn1. The number of nitrogens with zero attached hydrogens (tertiary/aromatic N) is 2. The molecule has 0 unspecified atom stereocenters. The lowest BCUT2D eigenvalue weighted by molar-refractivity contribution is -0.120. The molecule has 0 aliphatic carbocycles. The summed E-state index contributed by atoms with van der Waals surface area (Å²) in [5.74, 6) is 0.196. The van der Waals surface area contributed by atoms with E-state index in [9.17, 15) is 4.79 Å². The number of hydrogen-bond donors (Lipinski definition) is 2. The van der Waals surface area contributed by atoms with Gasteiger partial charge in [0.1, 0.15) is 0 Å². The monoisotopic (exact) mass is 222 g/mol. The summed E-state index contributed by atoms with van der Waals surface area (Å²) in [7, 11) is 0. The summed E-state index contributed by atoms with van der Waals surface area (Å²) in [6, 6.07) is 0. The predicted octanol–water partition coefficient (Wildman–Crippen LogP) is 0.841. The highest BCUT2D eigenvalue weighted by Crippen LogP contribution is 2.13. The minimum atomic E-state index is 0.0960. The lowest BCUT2D eigenvalue weighted by Gasteiger charge is -2.21. The minimum Gasteiger partial charge on any atom is -0.323 e. The Hall–Kier alpha value is -1.36. The van der Waals surface area contributed by atoms with Crippen molar-refractivity contribution in [3.8, 4) is 0 Å². The Morgan fingerprint density at radius 1 is 1.75 bits per heavy atom. The first-order chi connectivity index (χ1) is 7.79. The molecule has 0 bridgehead atoms. The second-order valence-electron chi connectivity index (χ2n) is 4.12. The molecule has 1 aliphatic rings. The molecule has 5 nitrogen and oxygen atoms in total. The zero-order valence-electron chi connectivity index (χ0n) is 9.57. The number of piperidine rings is 1. The quantitative estimate of drug-likeness (QED) is 0.796. The van der Waals surface area contributed by atoms with Gasteiger partial charge in [-0.2, -0.15) is 5.10 Å². The maximum Gasteiger partial charge on any atom is 0.228 e. The van der Waals surface area contributed by atoms with Crippen LogP contribution in [0.2, 0.25) is 0 Å². The van der Waals surface area contributed by atoms with Crippen molar-refractivity contribution in [1.82, 2.24) is 15.1 Å². The van der Waals surface area contributed by atoms with Gasteiger partial charge in [-0.3, -0.25) is 9.48 Å². The van der Waals surface area contributed by atoms with Crippen molar-refractivity contribution in [2.75, 3.05) is 18.4 Å². The molecule has 88 valence electrons. The van der Waals surface area contributed by atoms with Gasteiger partial charge in [0.2, 0.25) is 5.91 Å². The van der Waals surface area contributed by atoms with Crippen molar-refractivity contribution in [2.45, 2.75) is 26.3 Å². The average Bonchev–Trinajstić information content (AvgIpc) is 2.78. The van der Waals surface area contributed by atoms with Crippen LogP contribution in [0, 0.1) is 5.92 Å². The molecule has 1 saturated heterocycles. The van der Waals surface area contributed by atoms with E-state index in [1.807, 2.05) is 13.1 Å². The number of carbonyl (C=O) groups excluding carboxylic acids is 1. The molecular formula is C11H18N4O. The van der Waals surface area contributed by atoms with E-state index in [1.165, 1.54) is 0 Å². The van der Waals surface area contributed by atoms with Crippen LogP contribution in [0.4, 0.5) is 5.69 Å². The van der Waals surface area contributed by atoms with E-state index in [4.69, 9.17) is 0 Å². The van der Waals surface area contributed by atoms with Crippen LogP contribution in [0.3, 0.4) is 0 Å². The van der Waals surface area contributed by atoms with Gasteiger partial charge in [0.15, 0.2) is 0 Å². The average molecular weight is 222 g/mol. The highest BCUT2D eigenvalue weighted by molar-refractivity contribution is 5.92. The number of carbonyl (C=O) groups is 1. The third-order valence-electron chi connectivity index (χ3n) is 2.89. The maximum atomic E-state index is 11.9. The topological polar surface area (TPSA) is 59.0 Å². The van der Waals surface area contributed by atoms with Gasteiger partial charge in [-0.25, -0.2) is 0 Å². The molecule has 1 amide bonds. The van der Waals surface area contributed by atoms with Gasteiger partial charge in [0, 0.05) is 19.3 Å². The summed E-state index contributed by atoms with van der Waals surface area (Å²) in [6.07, 6.45) is 5.60. The first kappa shape index (κ1) is 11.1. The first-order valence-electron chi connectivity index (χ1n) is 5.83. The van der Waals surface area contributed by atoms with Gasteiger partial charge in [-0.15, -0.1) is 0 Å². The molecule has 0 spiro atoms. The van der Waals surface area contributed by atoms with Gasteiger partial charge in [0.25, 0.3) is 0 Å². The molecule has 2 N–H and O–H groups in total. The van der Waals surface area contributed by atoms with Gasteiger partial charge in [0.05, 0.1) is 17.8 Å². The van der Waals surface area contributed by atoms with E-state index in [0.717, 1.165) is 38.2 Å². The number of hydrogen-bond acceptors (Lipinski definition) is 3. The maximum absolute atomic E-state index is 11.9. The molecule has 1 aromatic rings. The molecule has 1 aromatic heterocycles. The standard InChI is InChI=1S/C11H18N4O/c1-2-15-8-10(7-13-15)14-11(16)9-4-3-5-12-6-9/h7-9,12H,2-6H2,1H3,(H,14,16)/t9-/m1/s1. The summed E-state index contributed by atoms with van der Waals surface area (Å²) in [4.78, 5) is 11.9. The number of anilines is 1. The van der Waals surface area contributed by atoms with Crippen molar-refractivity contribution in [1.29, 1.82) is 0 Å². The molecule has 16 heavy (non-hydrogen) atoms. The molecule has 1 atom stereocenters. The molecule has 5 heteroatoms. The number of amides is 1. The van der Waals surface area contributed by atoms with E-state index in [2.05, 4.69) is 15.7 Å². The number of aryl methyl sites for hydroxylation is 1. The summed E-state index contributed by atoms with van der Waals surface area (Å²) in [5, 5.41) is 10.3. The van der Waals surface area contributed by atoms with Crippen molar-refractivity contribution in [3.63, 3.8) is 0 Å². The van der Waals surface area contributed by atoms with Gasteiger partial charge < -0.3 is 10.6 Å². The second-order valence-corrected chi connectivity index (χ2v) is 4.12. The summed E-state index contributed by atoms with van der Waals surface area (Å²) in [6.45, 7) is 4.65. The van der Waals surface area contributed by atoms with Gasteiger partial charge in [-0.1, -0.05) is 0 Å². The molecular weight excluding hydrogens is 204 g/mol. The lowest BCUT2D eigenvalue weighted by Crippen LogP contribution is -2.37. The summed E-state index contributed by atoms with van der Waals surface area (Å²) in [5.41, 5.74) is 0.789. The third-order valence-corrected chi connectivity index (χ3v) is 2.89. The highest BCUT2D eigenvalue weighted by atomic mass is 16.1. The minimum absolute atomic E-state index is 0.0960. The van der Waals surface area contributed by atoms with E-state index < -0.39 is 0 Å². The van der Waals surface area contributed by atoms with Crippen LogP contribution in [-0.2, 0) is 11.3 Å². The van der Waals surface area contributed by atoms with E-state index in [-0.39, 0.29) is 11.8 Å². The number of rotatable bonds is 3. The number of aromatic nitrogens is 2. The Morgan fingerprint density at radius 2 is 2.62 bits per heavy atom. The molecule has 1 aliphatic heterocycles. The van der Waals surface area contributed by atoms with E-state index >= 15 is 0 Å². The molecule has 2 rings (SSSR count). The Morgan fingerprint density at radius 3 is 3.25 bits per heavy atom. The van der Waals surface area contributed by atoms with Crippen molar-refractivity contribution in [2.24, 2.45) is 5.92 Å². The van der Waals surface area contributed by atoms with Crippen LogP contribution in [-0.4, -0.2) is 28.8 Å². The lowest BCUT2D eigenvalue weighted by atomic mass is 9.99. The molecule has 2 heterocycles. The van der Waals surface area contributed by atoms with Gasteiger partial charge >= 0.3 is 0 Å². The van der Waals surface area contributed by atoms with Gasteiger partial charge in [-0.05, 0) is 26.3 Å². The Bertz CT molecular complexity index is 355. The van der Waals surface area contributed by atoms with E-state index in [1.54, 1.807) is 10.9 Å². The fourth-order valence-corrected chi connectivity index (χ4v) is 1.92. The Labute approximate surface area is 95.2 Å². The normalized spacial score (nSPS) is 20.7. The van der Waals surface area contributed by atoms with Crippen molar-refractivity contribution < 1.29 is 4.79 Å². The van der Waals surface area contributed by atoms with Crippen LogP contribution in [0.25, 0.3) is 0 Å². The zero-order valence-corrected chi connectivity index (χ0v) is 9.57. The predicted molar refractivity (Wildman–Crippen MR) is 62.1 cm³/mol. The summed E-state index contributed by atoms with van der Waals surface area (Å²) < 4.78 is 1.80. The zero-order chi connectivity index (χ0) is 11.4. The van der Waals surface area contributed by atoms with Crippen LogP contribution < -0.4 is 10.6 Å². The van der Waals surface area contributed by atoms with E-state index in [0.29, 0.717) is 0 Å². The first-order valence-corrected chi connectivity index (χ1v) is 5.83. The third kappa shape index (κ3) is 2.61. The fourth-order valence-electron chi connectivity index (χ4n) is 1.92. The van der Waals surface area contributed by atoms with Crippen molar-refractivity contribution >= 4 is 11.6 Å². The number of nitrogens with one attached hydrogen (secondary N) is 2. The van der Waals surface area contributed by atoms with Crippen LogP contribution in [0.1, 0.15) is 19.8 Å². The largest absolute Gasteiger partial charge is 0.323 e. The molecule has 0 aromatic carbocycles. The smallest absolute Gasteiger partial charge is 0.228 e. The second kappa shape index (κ2) is 5.12. The Balaban J connectivity index is 1.90. The molecule has 1 fully saturated rings. The molecule has 0 radical (unpaired) electrons. The van der Waals surface area contributed by atoms with Crippen LogP contribution in [0.5, 0.6) is 0 Å². The Kier molecular flexibility index (Phi) is 3.56. The highest BCUT2D eigenvalue weighted by Gasteiger charge is 2.20. The fraction of sp³-hybridized carbons (Fsp3) is 0.636.